The molecule has 0 aliphatic rings. The number of aromatic hydroxyl groups is 1. The van der Waals surface area contributed by atoms with Crippen molar-refractivity contribution in [2.75, 3.05) is 11.9 Å². The molecule has 0 aliphatic heterocycles. The Balaban J connectivity index is 1.85. The molecule has 0 saturated heterocycles. The first kappa shape index (κ1) is 17.3. The summed E-state index contributed by atoms with van der Waals surface area (Å²) in [5, 5.41) is 12.8. The van der Waals surface area contributed by atoms with E-state index in [2.05, 4.69) is 16.2 Å². The number of hydrazine groups is 1. The molecule has 2 amide bonds. The molecule has 0 unspecified atom stereocenters. The molecule has 0 bridgehead atoms. The van der Waals surface area contributed by atoms with Gasteiger partial charge in [0.05, 0.1) is 12.1 Å². The average molecular weight is 327 g/mol. The van der Waals surface area contributed by atoms with Crippen LogP contribution in [0.5, 0.6) is 5.75 Å². The highest BCUT2D eigenvalue weighted by atomic mass is 16.3. The van der Waals surface area contributed by atoms with E-state index in [0.717, 1.165) is 22.4 Å². The first-order chi connectivity index (χ1) is 11.4. The van der Waals surface area contributed by atoms with E-state index in [0.29, 0.717) is 0 Å². The van der Waals surface area contributed by atoms with Crippen molar-refractivity contribution < 1.29 is 14.7 Å². The molecule has 4 N–H and O–H groups in total. The first-order valence-corrected chi connectivity index (χ1v) is 7.57. The molecular formula is C18H21N3O3. The van der Waals surface area contributed by atoms with Gasteiger partial charge in [0, 0.05) is 5.69 Å². The Morgan fingerprint density at radius 2 is 1.62 bits per heavy atom. The molecule has 2 aromatic carbocycles. The third-order valence-electron chi connectivity index (χ3n) is 3.53. The quantitative estimate of drug-likeness (QED) is 0.648. The summed E-state index contributed by atoms with van der Waals surface area (Å²) in [4.78, 5) is 23.8. The maximum absolute atomic E-state index is 11.9. The summed E-state index contributed by atoms with van der Waals surface area (Å²) >= 11 is 0. The van der Waals surface area contributed by atoms with E-state index in [9.17, 15) is 14.7 Å². The molecule has 0 atom stereocenters. The number of anilines is 1. The lowest BCUT2D eigenvalue weighted by Gasteiger charge is -2.12. The summed E-state index contributed by atoms with van der Waals surface area (Å²) < 4.78 is 0. The topological polar surface area (TPSA) is 90.5 Å². The number of nitrogens with one attached hydrogen (secondary N) is 3. The Bertz CT molecular complexity index is 772. The molecule has 6 nitrogen and oxygen atoms in total. The maximum Gasteiger partial charge on any atom is 0.273 e. The van der Waals surface area contributed by atoms with Gasteiger partial charge in [0.15, 0.2) is 0 Å². The van der Waals surface area contributed by atoms with Crippen molar-refractivity contribution in [3.05, 3.63) is 58.7 Å². The van der Waals surface area contributed by atoms with Crippen LogP contribution in [0.15, 0.2) is 36.4 Å². The van der Waals surface area contributed by atoms with E-state index in [4.69, 9.17) is 0 Å². The lowest BCUT2D eigenvalue weighted by molar-refractivity contribution is -0.120. The van der Waals surface area contributed by atoms with Crippen LogP contribution in [0.2, 0.25) is 0 Å². The summed E-state index contributed by atoms with van der Waals surface area (Å²) in [7, 11) is 0. The molecular weight excluding hydrogens is 306 g/mol. The van der Waals surface area contributed by atoms with Gasteiger partial charge in [-0.25, -0.2) is 0 Å². The van der Waals surface area contributed by atoms with Crippen molar-refractivity contribution in [3.8, 4) is 5.75 Å². The number of carbonyl (C=O) groups excluding carboxylic acids is 2. The maximum atomic E-state index is 11.9. The fourth-order valence-corrected chi connectivity index (χ4v) is 2.26. The number of hydrogen-bond donors (Lipinski definition) is 4. The Kier molecular flexibility index (Phi) is 5.42. The number of hydrogen-bond acceptors (Lipinski definition) is 4. The summed E-state index contributed by atoms with van der Waals surface area (Å²) in [6.45, 7) is 5.78. The largest absolute Gasteiger partial charge is 0.507 e. The molecule has 0 aliphatic carbocycles. The summed E-state index contributed by atoms with van der Waals surface area (Å²) in [6.07, 6.45) is 0. The molecule has 2 rings (SSSR count). The monoisotopic (exact) mass is 327 g/mol. The SMILES string of the molecule is Cc1ccc(NCC(=O)NNC(=O)c2ccc(C)cc2O)c(C)c1. The van der Waals surface area contributed by atoms with Crippen molar-refractivity contribution in [1.82, 2.24) is 10.9 Å². The molecule has 0 spiro atoms. The molecule has 126 valence electrons. The molecule has 2 aromatic rings. The lowest BCUT2D eigenvalue weighted by Crippen LogP contribution is -2.44. The van der Waals surface area contributed by atoms with Crippen molar-refractivity contribution in [2.24, 2.45) is 0 Å². The van der Waals surface area contributed by atoms with Crippen LogP contribution in [0.25, 0.3) is 0 Å². The molecule has 6 heteroatoms. The second-order valence-corrected chi connectivity index (χ2v) is 5.69. The van der Waals surface area contributed by atoms with Gasteiger partial charge in [-0.15, -0.1) is 0 Å². The van der Waals surface area contributed by atoms with Crippen molar-refractivity contribution in [2.45, 2.75) is 20.8 Å². The van der Waals surface area contributed by atoms with Gasteiger partial charge in [-0.1, -0.05) is 23.8 Å². The Hall–Kier alpha value is -3.02. The van der Waals surface area contributed by atoms with Crippen LogP contribution in [-0.4, -0.2) is 23.5 Å². The lowest BCUT2D eigenvalue weighted by atomic mass is 10.1. The molecule has 0 heterocycles. The van der Waals surface area contributed by atoms with Crippen LogP contribution in [0.4, 0.5) is 5.69 Å². The smallest absolute Gasteiger partial charge is 0.273 e. The highest BCUT2D eigenvalue weighted by Gasteiger charge is 2.12. The zero-order valence-corrected chi connectivity index (χ0v) is 13.9. The minimum absolute atomic E-state index is 0.0179. The third-order valence-corrected chi connectivity index (χ3v) is 3.53. The van der Waals surface area contributed by atoms with E-state index in [1.54, 1.807) is 6.07 Å². The minimum atomic E-state index is -0.577. The van der Waals surface area contributed by atoms with Gasteiger partial charge in [0.25, 0.3) is 11.8 Å². The van der Waals surface area contributed by atoms with Crippen LogP contribution >= 0.6 is 0 Å². The molecule has 24 heavy (non-hydrogen) atoms. The van der Waals surface area contributed by atoms with Gasteiger partial charge < -0.3 is 10.4 Å². The summed E-state index contributed by atoms with van der Waals surface area (Å²) in [5.41, 5.74) is 8.58. The number of phenolic OH excluding ortho intramolecular Hbond substituents is 1. The second kappa shape index (κ2) is 7.50. The Morgan fingerprint density at radius 1 is 0.958 bits per heavy atom. The molecule has 0 saturated carbocycles. The van der Waals surface area contributed by atoms with Crippen molar-refractivity contribution in [3.63, 3.8) is 0 Å². The fraction of sp³-hybridized carbons (Fsp3) is 0.222. The second-order valence-electron chi connectivity index (χ2n) is 5.69. The zero-order valence-electron chi connectivity index (χ0n) is 13.9. The van der Waals surface area contributed by atoms with Crippen molar-refractivity contribution in [1.29, 1.82) is 0 Å². The normalized spacial score (nSPS) is 10.1. The van der Waals surface area contributed by atoms with Crippen LogP contribution in [-0.2, 0) is 4.79 Å². The van der Waals surface area contributed by atoms with Crippen LogP contribution in [0, 0.1) is 20.8 Å². The van der Waals surface area contributed by atoms with E-state index in [1.807, 2.05) is 39.0 Å². The van der Waals surface area contributed by atoms with Gasteiger partial charge in [0.1, 0.15) is 5.75 Å². The van der Waals surface area contributed by atoms with E-state index in [-0.39, 0.29) is 17.9 Å². The van der Waals surface area contributed by atoms with Gasteiger partial charge in [0.2, 0.25) is 0 Å². The molecule has 0 radical (unpaired) electrons. The van der Waals surface area contributed by atoms with Crippen LogP contribution in [0.1, 0.15) is 27.0 Å². The average Bonchev–Trinajstić information content (AvgIpc) is 2.51. The minimum Gasteiger partial charge on any atom is -0.507 e. The highest BCUT2D eigenvalue weighted by Crippen LogP contribution is 2.18. The first-order valence-electron chi connectivity index (χ1n) is 7.57. The van der Waals surface area contributed by atoms with Crippen LogP contribution in [0.3, 0.4) is 0 Å². The van der Waals surface area contributed by atoms with Gasteiger partial charge in [-0.3, -0.25) is 20.4 Å². The highest BCUT2D eigenvalue weighted by molar-refractivity contribution is 5.98. The van der Waals surface area contributed by atoms with Crippen molar-refractivity contribution >= 4 is 17.5 Å². The third kappa shape index (κ3) is 4.49. The zero-order chi connectivity index (χ0) is 17.7. The predicted molar refractivity (Wildman–Crippen MR) is 92.9 cm³/mol. The van der Waals surface area contributed by atoms with E-state index < -0.39 is 11.8 Å². The summed E-state index contributed by atoms with van der Waals surface area (Å²) in [6, 6.07) is 10.6. The van der Waals surface area contributed by atoms with Gasteiger partial charge in [-0.05, 0) is 50.1 Å². The standard InChI is InChI=1S/C18H21N3O3/c1-11-5-7-15(13(3)8-11)19-10-17(23)20-21-18(24)14-6-4-12(2)9-16(14)22/h4-9,19,22H,10H2,1-3H3,(H,20,23)(H,21,24). The molecule has 0 aromatic heterocycles. The molecule has 0 fully saturated rings. The van der Waals surface area contributed by atoms with Crippen LogP contribution < -0.4 is 16.2 Å². The number of phenols is 1. The predicted octanol–water partition coefficient (Wildman–Crippen LogP) is 2.19. The number of rotatable bonds is 4. The number of benzene rings is 2. The number of aryl methyl sites for hydroxylation is 3. The van der Waals surface area contributed by atoms with Gasteiger partial charge in [-0.2, -0.15) is 0 Å². The van der Waals surface area contributed by atoms with E-state index >= 15 is 0 Å². The van der Waals surface area contributed by atoms with Gasteiger partial charge >= 0.3 is 0 Å². The number of carbonyl (C=O) groups is 2. The number of amides is 2. The Labute approximate surface area is 140 Å². The fourth-order valence-electron chi connectivity index (χ4n) is 2.26. The van der Waals surface area contributed by atoms with E-state index in [1.165, 1.54) is 12.1 Å². The summed E-state index contributed by atoms with van der Waals surface area (Å²) in [5.74, 6) is -1.10. The Morgan fingerprint density at radius 3 is 2.29 bits per heavy atom.